The third-order valence-electron chi connectivity index (χ3n) is 2.32. The lowest BCUT2D eigenvalue weighted by atomic mass is 10.1. The Labute approximate surface area is 98.4 Å². The van der Waals surface area contributed by atoms with Crippen LogP contribution in [0.4, 0.5) is 4.79 Å². The summed E-state index contributed by atoms with van der Waals surface area (Å²) in [4.78, 5) is 13.2. The largest absolute Gasteiger partial charge is 0.444 e. The first-order valence-electron chi connectivity index (χ1n) is 5.37. The maximum absolute atomic E-state index is 11.7. The van der Waals surface area contributed by atoms with Gasteiger partial charge in [0, 0.05) is 13.1 Å². The summed E-state index contributed by atoms with van der Waals surface area (Å²) in [6.45, 7) is 6.31. The molecule has 6 heteroatoms. The Morgan fingerprint density at radius 3 is 2.62 bits per heavy atom. The van der Waals surface area contributed by atoms with Gasteiger partial charge in [-0.1, -0.05) is 0 Å². The molecule has 0 bridgehead atoms. The summed E-state index contributed by atoms with van der Waals surface area (Å²) in [6.07, 6.45) is 1.03. The summed E-state index contributed by atoms with van der Waals surface area (Å²) < 4.78 is 25.2. The first kappa shape index (κ1) is 13.4. The van der Waals surface area contributed by atoms with Crippen LogP contribution in [0.15, 0.2) is 0 Å². The van der Waals surface area contributed by atoms with Gasteiger partial charge >= 0.3 is 6.09 Å². The summed E-state index contributed by atoms with van der Waals surface area (Å²) in [5.74, 6) is 0. The van der Waals surface area contributed by atoms with E-state index in [9.17, 15) is 9.00 Å². The molecule has 2 atom stereocenters. The van der Waals surface area contributed by atoms with Gasteiger partial charge in [-0.3, -0.25) is 0 Å². The molecule has 1 saturated heterocycles. The van der Waals surface area contributed by atoms with Crippen LogP contribution in [0.5, 0.6) is 0 Å². The molecule has 1 rings (SSSR count). The van der Waals surface area contributed by atoms with Crippen molar-refractivity contribution in [2.75, 3.05) is 13.1 Å². The van der Waals surface area contributed by atoms with Gasteiger partial charge in [0.15, 0.2) is 11.1 Å². The van der Waals surface area contributed by atoms with Crippen LogP contribution in [0, 0.1) is 0 Å². The van der Waals surface area contributed by atoms with Crippen molar-refractivity contribution in [2.24, 2.45) is 0 Å². The molecule has 0 aromatic heterocycles. The Kier molecular flexibility index (Phi) is 4.32. The molecule has 0 spiro atoms. The standard InChI is InChI=1S/C10H19NO4S/c1-10(2,3)15-9(12)11-6-4-5-8(7-11)16(13)14/h8H,4-7H2,1-3H3,(H,13,14). The molecule has 2 unspecified atom stereocenters. The molecule has 0 saturated carbocycles. The number of hydrogen-bond donors (Lipinski definition) is 1. The van der Waals surface area contributed by atoms with E-state index in [4.69, 9.17) is 9.29 Å². The van der Waals surface area contributed by atoms with E-state index < -0.39 is 22.8 Å². The minimum absolute atomic E-state index is 0.304. The summed E-state index contributed by atoms with van der Waals surface area (Å²) in [6, 6.07) is 0. The highest BCUT2D eigenvalue weighted by molar-refractivity contribution is 7.79. The molecular weight excluding hydrogens is 230 g/mol. The van der Waals surface area contributed by atoms with E-state index in [1.54, 1.807) is 20.8 Å². The van der Waals surface area contributed by atoms with Crippen molar-refractivity contribution < 1.29 is 18.3 Å². The van der Waals surface area contributed by atoms with Crippen molar-refractivity contribution in [3.8, 4) is 0 Å². The topological polar surface area (TPSA) is 66.8 Å². The molecule has 1 fully saturated rings. The third kappa shape index (κ3) is 4.09. The van der Waals surface area contributed by atoms with Gasteiger partial charge in [0.05, 0.1) is 5.25 Å². The predicted octanol–water partition coefficient (Wildman–Crippen LogP) is 1.61. The van der Waals surface area contributed by atoms with Crippen molar-refractivity contribution in [2.45, 2.75) is 44.5 Å². The van der Waals surface area contributed by atoms with Crippen LogP contribution in [0.2, 0.25) is 0 Å². The van der Waals surface area contributed by atoms with Gasteiger partial charge in [-0.05, 0) is 33.6 Å². The Balaban J connectivity index is 2.54. The SMILES string of the molecule is CC(C)(C)OC(=O)N1CCCC(S(=O)O)C1. The maximum atomic E-state index is 11.7. The van der Waals surface area contributed by atoms with E-state index >= 15 is 0 Å². The van der Waals surface area contributed by atoms with Gasteiger partial charge in [0.1, 0.15) is 5.60 Å². The molecule has 0 aromatic carbocycles. The summed E-state index contributed by atoms with van der Waals surface area (Å²) in [5, 5.41) is -0.346. The Bertz CT molecular complexity index is 287. The minimum atomic E-state index is -1.86. The van der Waals surface area contributed by atoms with Gasteiger partial charge in [0.2, 0.25) is 0 Å². The molecule has 1 aliphatic rings. The number of carbonyl (C=O) groups excluding carboxylic acids is 1. The predicted molar refractivity (Wildman–Crippen MR) is 61.6 cm³/mol. The van der Waals surface area contributed by atoms with Crippen molar-refractivity contribution in [3.63, 3.8) is 0 Å². The molecule has 94 valence electrons. The number of nitrogens with zero attached hydrogens (tertiary/aromatic N) is 1. The van der Waals surface area contributed by atoms with Crippen molar-refractivity contribution in [1.82, 2.24) is 4.90 Å². The molecule has 1 amide bonds. The fourth-order valence-corrected chi connectivity index (χ4v) is 2.27. The lowest BCUT2D eigenvalue weighted by Gasteiger charge is -2.32. The molecule has 1 aliphatic heterocycles. The van der Waals surface area contributed by atoms with Gasteiger partial charge < -0.3 is 14.2 Å². The molecule has 5 nitrogen and oxygen atoms in total. The second kappa shape index (κ2) is 5.14. The molecule has 0 aromatic rings. The minimum Gasteiger partial charge on any atom is -0.444 e. The highest BCUT2D eigenvalue weighted by Gasteiger charge is 2.29. The molecular formula is C10H19NO4S. The smallest absolute Gasteiger partial charge is 0.410 e. The number of likely N-dealkylation sites (tertiary alicyclic amines) is 1. The number of ether oxygens (including phenoxy) is 1. The van der Waals surface area contributed by atoms with E-state index in [-0.39, 0.29) is 5.25 Å². The van der Waals surface area contributed by atoms with Gasteiger partial charge in [0.25, 0.3) is 0 Å². The highest BCUT2D eigenvalue weighted by Crippen LogP contribution is 2.17. The van der Waals surface area contributed by atoms with Crippen LogP contribution < -0.4 is 0 Å². The van der Waals surface area contributed by atoms with Gasteiger partial charge in [-0.2, -0.15) is 0 Å². The summed E-state index contributed by atoms with van der Waals surface area (Å²) >= 11 is -1.86. The molecule has 0 aliphatic carbocycles. The number of amides is 1. The van der Waals surface area contributed by atoms with Crippen LogP contribution in [0.25, 0.3) is 0 Å². The van der Waals surface area contributed by atoms with Crippen molar-refractivity contribution >= 4 is 17.2 Å². The van der Waals surface area contributed by atoms with E-state index in [0.717, 1.165) is 6.42 Å². The average molecular weight is 249 g/mol. The Morgan fingerprint density at radius 1 is 1.50 bits per heavy atom. The molecule has 1 heterocycles. The quantitative estimate of drug-likeness (QED) is 0.717. The number of rotatable bonds is 1. The third-order valence-corrected chi connectivity index (χ3v) is 3.27. The van der Waals surface area contributed by atoms with Gasteiger partial charge in [-0.15, -0.1) is 0 Å². The first-order chi connectivity index (χ1) is 7.29. The van der Waals surface area contributed by atoms with E-state index in [1.807, 2.05) is 0 Å². The van der Waals surface area contributed by atoms with E-state index in [0.29, 0.717) is 19.5 Å². The van der Waals surface area contributed by atoms with Crippen LogP contribution in [0.3, 0.4) is 0 Å². The van der Waals surface area contributed by atoms with Crippen LogP contribution in [-0.4, -0.2) is 43.7 Å². The molecule has 0 radical (unpaired) electrons. The molecule has 16 heavy (non-hydrogen) atoms. The lowest BCUT2D eigenvalue weighted by Crippen LogP contribution is -2.45. The zero-order chi connectivity index (χ0) is 12.3. The lowest BCUT2D eigenvalue weighted by molar-refractivity contribution is 0.0218. The van der Waals surface area contributed by atoms with Crippen molar-refractivity contribution in [3.05, 3.63) is 0 Å². The summed E-state index contributed by atoms with van der Waals surface area (Å²) in [5.41, 5.74) is -0.525. The van der Waals surface area contributed by atoms with E-state index in [1.165, 1.54) is 4.90 Å². The molecule has 1 N–H and O–H groups in total. The zero-order valence-corrected chi connectivity index (χ0v) is 10.7. The normalized spacial score (nSPS) is 24.0. The first-order valence-corrected chi connectivity index (χ1v) is 6.54. The fourth-order valence-electron chi connectivity index (χ4n) is 1.60. The van der Waals surface area contributed by atoms with Crippen LogP contribution in [0.1, 0.15) is 33.6 Å². The van der Waals surface area contributed by atoms with Crippen LogP contribution in [-0.2, 0) is 15.8 Å². The zero-order valence-electron chi connectivity index (χ0n) is 9.93. The number of carbonyl (C=O) groups is 1. The van der Waals surface area contributed by atoms with Crippen molar-refractivity contribution in [1.29, 1.82) is 0 Å². The Hall–Kier alpha value is -0.620. The Morgan fingerprint density at radius 2 is 2.12 bits per heavy atom. The monoisotopic (exact) mass is 249 g/mol. The highest BCUT2D eigenvalue weighted by atomic mass is 32.2. The summed E-state index contributed by atoms with van der Waals surface area (Å²) in [7, 11) is 0. The maximum Gasteiger partial charge on any atom is 0.410 e. The average Bonchev–Trinajstić information content (AvgIpc) is 2.15. The number of hydrogen-bond acceptors (Lipinski definition) is 3. The van der Waals surface area contributed by atoms with Crippen LogP contribution >= 0.6 is 0 Å². The van der Waals surface area contributed by atoms with Gasteiger partial charge in [-0.25, -0.2) is 9.00 Å². The van der Waals surface area contributed by atoms with E-state index in [2.05, 4.69) is 0 Å². The second-order valence-corrected chi connectivity index (χ2v) is 6.19. The second-order valence-electron chi connectivity index (χ2n) is 4.97. The number of piperidine rings is 1. The fraction of sp³-hybridized carbons (Fsp3) is 0.900.